The average Bonchev–Trinajstić information content (AvgIpc) is 3.06. The lowest BCUT2D eigenvalue weighted by Gasteiger charge is -2.17. The first-order valence-corrected chi connectivity index (χ1v) is 10.7. The summed E-state index contributed by atoms with van der Waals surface area (Å²) in [6.07, 6.45) is 0.937. The third-order valence-corrected chi connectivity index (χ3v) is 5.41. The predicted octanol–water partition coefficient (Wildman–Crippen LogP) is 4.76. The van der Waals surface area contributed by atoms with Crippen LogP contribution in [0.3, 0.4) is 0 Å². The van der Waals surface area contributed by atoms with E-state index in [4.69, 9.17) is 13.9 Å². The van der Waals surface area contributed by atoms with Crippen molar-refractivity contribution in [2.45, 2.75) is 40.2 Å². The van der Waals surface area contributed by atoms with Gasteiger partial charge in [0.25, 0.3) is 5.91 Å². The van der Waals surface area contributed by atoms with Gasteiger partial charge in [-0.25, -0.2) is 0 Å². The van der Waals surface area contributed by atoms with E-state index < -0.39 is 11.9 Å². The first-order chi connectivity index (χ1) is 14.9. The fraction of sp³-hybridized carbons (Fsp3) is 0.360. The standard InChI is InChI=1S/C25H27NO5/c1-5-29-20-13-16(7-9-19(20)30-11-10-14(2)3)22-21-23(27)17-12-15(4)6-8-18(17)31-24(21)25(28)26-22/h6-9,12-14,22H,5,10-11H2,1-4H3,(H,26,28). The summed E-state index contributed by atoms with van der Waals surface area (Å²) in [5.74, 6) is 1.46. The molecule has 1 aliphatic heterocycles. The molecule has 1 unspecified atom stereocenters. The summed E-state index contributed by atoms with van der Waals surface area (Å²) in [4.78, 5) is 25.9. The summed E-state index contributed by atoms with van der Waals surface area (Å²) < 4.78 is 17.5. The van der Waals surface area contributed by atoms with Gasteiger partial charge in [-0.15, -0.1) is 0 Å². The van der Waals surface area contributed by atoms with Crippen molar-refractivity contribution in [3.63, 3.8) is 0 Å². The quantitative estimate of drug-likeness (QED) is 0.595. The van der Waals surface area contributed by atoms with Crippen LogP contribution in [0.5, 0.6) is 11.5 Å². The molecule has 1 amide bonds. The normalized spacial score (nSPS) is 15.3. The zero-order valence-corrected chi connectivity index (χ0v) is 18.3. The van der Waals surface area contributed by atoms with Crippen molar-refractivity contribution in [2.75, 3.05) is 13.2 Å². The number of carbonyl (C=O) groups is 1. The molecular weight excluding hydrogens is 394 g/mol. The SMILES string of the molecule is CCOc1cc(C2NC(=O)c3oc4ccc(C)cc4c(=O)c32)ccc1OCCC(C)C. The molecule has 0 bridgehead atoms. The highest BCUT2D eigenvalue weighted by molar-refractivity contribution is 5.99. The number of carbonyl (C=O) groups excluding carboxylic acids is 1. The Morgan fingerprint density at radius 3 is 2.61 bits per heavy atom. The van der Waals surface area contributed by atoms with Gasteiger partial charge in [0.1, 0.15) is 5.58 Å². The second kappa shape index (κ2) is 8.46. The summed E-state index contributed by atoms with van der Waals surface area (Å²) in [5.41, 5.74) is 2.24. The van der Waals surface area contributed by atoms with Crippen molar-refractivity contribution in [1.29, 1.82) is 0 Å². The van der Waals surface area contributed by atoms with Gasteiger partial charge in [-0.1, -0.05) is 31.5 Å². The number of amides is 1. The highest BCUT2D eigenvalue weighted by atomic mass is 16.5. The molecule has 31 heavy (non-hydrogen) atoms. The second-order valence-electron chi connectivity index (χ2n) is 8.25. The molecule has 0 radical (unpaired) electrons. The van der Waals surface area contributed by atoms with E-state index >= 15 is 0 Å². The molecule has 2 heterocycles. The largest absolute Gasteiger partial charge is 0.490 e. The Bertz CT molecular complexity index is 1190. The molecule has 162 valence electrons. The van der Waals surface area contributed by atoms with E-state index in [1.54, 1.807) is 12.1 Å². The van der Waals surface area contributed by atoms with Gasteiger partial charge in [0.15, 0.2) is 16.9 Å². The molecule has 0 aliphatic carbocycles. The molecule has 6 heteroatoms. The minimum Gasteiger partial charge on any atom is -0.490 e. The highest BCUT2D eigenvalue weighted by Gasteiger charge is 2.36. The van der Waals surface area contributed by atoms with Crippen LogP contribution in [0, 0.1) is 12.8 Å². The van der Waals surface area contributed by atoms with E-state index in [2.05, 4.69) is 19.2 Å². The Balaban J connectivity index is 1.75. The Hall–Kier alpha value is -3.28. The molecule has 6 nitrogen and oxygen atoms in total. The monoisotopic (exact) mass is 421 g/mol. The molecule has 1 aliphatic rings. The summed E-state index contributed by atoms with van der Waals surface area (Å²) in [6.45, 7) is 9.18. The molecule has 2 aromatic carbocycles. The molecule has 3 aromatic rings. The molecule has 4 rings (SSSR count). The summed E-state index contributed by atoms with van der Waals surface area (Å²) >= 11 is 0. The van der Waals surface area contributed by atoms with Crippen molar-refractivity contribution in [1.82, 2.24) is 5.32 Å². The van der Waals surface area contributed by atoms with E-state index in [1.807, 2.05) is 38.1 Å². The van der Waals surface area contributed by atoms with Gasteiger partial charge >= 0.3 is 0 Å². The third-order valence-electron chi connectivity index (χ3n) is 5.41. The maximum Gasteiger partial charge on any atom is 0.288 e. The zero-order chi connectivity index (χ0) is 22.1. The van der Waals surface area contributed by atoms with Gasteiger partial charge in [0.2, 0.25) is 5.76 Å². The lowest BCUT2D eigenvalue weighted by atomic mass is 9.98. The predicted molar refractivity (Wildman–Crippen MR) is 119 cm³/mol. The lowest BCUT2D eigenvalue weighted by Crippen LogP contribution is -2.22. The molecule has 1 aromatic heterocycles. The Labute approximate surface area is 181 Å². The maximum atomic E-state index is 13.3. The fourth-order valence-electron chi connectivity index (χ4n) is 3.77. The van der Waals surface area contributed by atoms with Crippen LogP contribution in [0.25, 0.3) is 11.0 Å². The molecule has 0 saturated heterocycles. The number of ether oxygens (including phenoxy) is 2. The van der Waals surface area contributed by atoms with E-state index in [9.17, 15) is 9.59 Å². The van der Waals surface area contributed by atoms with E-state index in [0.29, 0.717) is 47.2 Å². The van der Waals surface area contributed by atoms with Crippen LogP contribution in [0.2, 0.25) is 0 Å². The summed E-state index contributed by atoms with van der Waals surface area (Å²) in [7, 11) is 0. The highest BCUT2D eigenvalue weighted by Crippen LogP contribution is 2.36. The van der Waals surface area contributed by atoms with Gasteiger partial charge in [0, 0.05) is 0 Å². The zero-order valence-electron chi connectivity index (χ0n) is 18.3. The van der Waals surface area contributed by atoms with Gasteiger partial charge in [0.05, 0.1) is 30.2 Å². The average molecular weight is 421 g/mol. The summed E-state index contributed by atoms with van der Waals surface area (Å²) in [6, 6.07) is 10.3. The van der Waals surface area contributed by atoms with Crippen LogP contribution in [-0.2, 0) is 0 Å². The van der Waals surface area contributed by atoms with Crippen molar-refractivity contribution in [3.8, 4) is 11.5 Å². The minimum absolute atomic E-state index is 0.0709. The molecular formula is C25H27NO5. The van der Waals surface area contributed by atoms with Gasteiger partial charge in [-0.3, -0.25) is 9.59 Å². The third kappa shape index (κ3) is 4.02. The van der Waals surface area contributed by atoms with Crippen LogP contribution in [0.1, 0.15) is 60.5 Å². The minimum atomic E-state index is -0.604. The Morgan fingerprint density at radius 1 is 1.06 bits per heavy atom. The van der Waals surface area contributed by atoms with Crippen LogP contribution < -0.4 is 20.2 Å². The molecule has 0 spiro atoms. The second-order valence-corrected chi connectivity index (χ2v) is 8.25. The van der Waals surface area contributed by atoms with Crippen LogP contribution in [0.15, 0.2) is 45.6 Å². The van der Waals surface area contributed by atoms with Crippen LogP contribution >= 0.6 is 0 Å². The molecule has 0 fully saturated rings. The van der Waals surface area contributed by atoms with Crippen molar-refractivity contribution >= 4 is 16.9 Å². The van der Waals surface area contributed by atoms with Gasteiger partial charge in [-0.2, -0.15) is 0 Å². The molecule has 1 atom stereocenters. The summed E-state index contributed by atoms with van der Waals surface area (Å²) in [5, 5.41) is 3.35. The number of aryl methyl sites for hydroxylation is 1. The number of fused-ring (bicyclic) bond motifs is 2. The van der Waals surface area contributed by atoms with Crippen molar-refractivity contribution in [3.05, 3.63) is 69.1 Å². The number of nitrogens with one attached hydrogen (secondary N) is 1. The topological polar surface area (TPSA) is 77.8 Å². The first kappa shape index (κ1) is 21.0. The van der Waals surface area contributed by atoms with Gasteiger partial charge < -0.3 is 19.2 Å². The van der Waals surface area contributed by atoms with Crippen LogP contribution in [0.4, 0.5) is 0 Å². The van der Waals surface area contributed by atoms with E-state index in [0.717, 1.165) is 17.5 Å². The van der Waals surface area contributed by atoms with Crippen molar-refractivity contribution in [2.24, 2.45) is 5.92 Å². The Morgan fingerprint density at radius 2 is 1.87 bits per heavy atom. The van der Waals surface area contributed by atoms with E-state index in [-0.39, 0.29) is 11.2 Å². The number of rotatable bonds is 7. The molecule has 0 saturated carbocycles. The number of benzene rings is 2. The van der Waals surface area contributed by atoms with E-state index in [1.165, 1.54) is 0 Å². The number of hydrogen-bond acceptors (Lipinski definition) is 5. The lowest BCUT2D eigenvalue weighted by molar-refractivity contribution is 0.0938. The first-order valence-electron chi connectivity index (χ1n) is 10.7. The van der Waals surface area contributed by atoms with Crippen LogP contribution in [-0.4, -0.2) is 19.1 Å². The van der Waals surface area contributed by atoms with Crippen molar-refractivity contribution < 1.29 is 18.7 Å². The maximum absolute atomic E-state index is 13.3. The smallest absolute Gasteiger partial charge is 0.288 e. The number of hydrogen-bond donors (Lipinski definition) is 1. The Kier molecular flexibility index (Phi) is 5.72. The van der Waals surface area contributed by atoms with Gasteiger partial charge in [-0.05, 0) is 56.0 Å². The fourth-order valence-corrected chi connectivity index (χ4v) is 3.77. The molecule has 1 N–H and O–H groups in total.